The van der Waals surface area contributed by atoms with Gasteiger partial charge in [-0.2, -0.15) is 0 Å². The van der Waals surface area contributed by atoms with E-state index in [-0.39, 0.29) is 17.9 Å². The Morgan fingerprint density at radius 2 is 1.79 bits per heavy atom. The summed E-state index contributed by atoms with van der Waals surface area (Å²) in [5, 5.41) is 3.64. The van der Waals surface area contributed by atoms with Gasteiger partial charge in [-0.05, 0) is 49.8 Å². The maximum Gasteiger partial charge on any atom is 0.260 e. The fraction of sp³-hybridized carbons (Fsp3) is 0.458. The lowest BCUT2D eigenvalue weighted by Gasteiger charge is -2.20. The summed E-state index contributed by atoms with van der Waals surface area (Å²) in [6.45, 7) is 5.79. The van der Waals surface area contributed by atoms with Gasteiger partial charge in [-0.1, -0.05) is 42.5 Å². The molecule has 2 fully saturated rings. The normalized spacial score (nSPS) is 17.5. The van der Waals surface area contributed by atoms with Crippen LogP contribution >= 0.6 is 0 Å². The SMILES string of the molecule is Cc1ccccc1C1(CNCc2ccccc2OCC(=O)N2CCCC2)CC1. The van der Waals surface area contributed by atoms with Gasteiger partial charge < -0.3 is 15.0 Å². The number of hydrogen-bond donors (Lipinski definition) is 1. The van der Waals surface area contributed by atoms with E-state index in [9.17, 15) is 4.79 Å². The van der Waals surface area contributed by atoms with Crippen LogP contribution in [0.5, 0.6) is 5.75 Å². The largest absolute Gasteiger partial charge is 0.483 e. The number of rotatable bonds is 8. The summed E-state index contributed by atoms with van der Waals surface area (Å²) in [6.07, 6.45) is 4.70. The lowest BCUT2D eigenvalue weighted by molar-refractivity contribution is -0.132. The molecule has 2 aliphatic rings. The van der Waals surface area contributed by atoms with E-state index in [1.807, 2.05) is 23.1 Å². The molecule has 0 bridgehead atoms. The summed E-state index contributed by atoms with van der Waals surface area (Å²) in [5.74, 6) is 0.903. The second kappa shape index (κ2) is 8.36. The Labute approximate surface area is 167 Å². The van der Waals surface area contributed by atoms with Crippen molar-refractivity contribution < 1.29 is 9.53 Å². The molecule has 0 spiro atoms. The Morgan fingerprint density at radius 1 is 1.07 bits per heavy atom. The maximum atomic E-state index is 12.3. The first-order valence-corrected chi connectivity index (χ1v) is 10.4. The van der Waals surface area contributed by atoms with E-state index >= 15 is 0 Å². The molecule has 148 valence electrons. The summed E-state index contributed by atoms with van der Waals surface area (Å²) in [6, 6.07) is 16.8. The van der Waals surface area contributed by atoms with Crippen molar-refractivity contribution in [2.45, 2.75) is 44.6 Å². The second-order valence-corrected chi connectivity index (χ2v) is 8.18. The Kier molecular flexibility index (Phi) is 5.67. The van der Waals surface area contributed by atoms with Gasteiger partial charge in [-0.3, -0.25) is 4.79 Å². The average molecular weight is 379 g/mol. The number of amides is 1. The predicted molar refractivity (Wildman–Crippen MR) is 112 cm³/mol. The monoisotopic (exact) mass is 378 g/mol. The molecule has 1 aliphatic carbocycles. The molecule has 1 heterocycles. The third-order valence-electron chi connectivity index (χ3n) is 6.13. The van der Waals surface area contributed by atoms with Crippen molar-refractivity contribution in [1.29, 1.82) is 0 Å². The third kappa shape index (κ3) is 4.22. The standard InChI is InChI=1S/C24H30N2O2/c1-19-8-2-4-10-21(19)24(12-13-24)18-25-16-20-9-3-5-11-22(20)28-17-23(27)26-14-6-7-15-26/h2-5,8-11,25H,6-7,12-18H2,1H3. The van der Waals surface area contributed by atoms with Gasteiger partial charge in [0.05, 0.1) is 0 Å². The van der Waals surface area contributed by atoms with Crippen molar-refractivity contribution in [3.05, 3.63) is 65.2 Å². The van der Waals surface area contributed by atoms with Crippen LogP contribution in [0.1, 0.15) is 42.4 Å². The van der Waals surface area contributed by atoms with Gasteiger partial charge >= 0.3 is 0 Å². The van der Waals surface area contributed by atoms with Crippen LogP contribution in [0.4, 0.5) is 0 Å². The van der Waals surface area contributed by atoms with Gasteiger partial charge in [-0.15, -0.1) is 0 Å². The Morgan fingerprint density at radius 3 is 2.54 bits per heavy atom. The summed E-state index contributed by atoms with van der Waals surface area (Å²) in [5.41, 5.74) is 4.25. The molecule has 28 heavy (non-hydrogen) atoms. The van der Waals surface area contributed by atoms with E-state index < -0.39 is 0 Å². The first-order chi connectivity index (χ1) is 13.7. The van der Waals surface area contributed by atoms with Crippen molar-refractivity contribution in [3.8, 4) is 5.75 Å². The minimum atomic E-state index is 0.0942. The average Bonchev–Trinajstić information content (AvgIpc) is 3.28. The van der Waals surface area contributed by atoms with Crippen LogP contribution in [-0.4, -0.2) is 37.0 Å². The smallest absolute Gasteiger partial charge is 0.260 e. The zero-order valence-corrected chi connectivity index (χ0v) is 16.7. The first-order valence-electron chi connectivity index (χ1n) is 10.4. The summed E-state index contributed by atoms with van der Waals surface area (Å²) in [4.78, 5) is 14.2. The zero-order chi connectivity index (χ0) is 19.4. The van der Waals surface area contributed by atoms with Gasteiger partial charge in [0.1, 0.15) is 5.75 Å². The molecule has 4 rings (SSSR count). The van der Waals surface area contributed by atoms with Crippen LogP contribution in [0.15, 0.2) is 48.5 Å². The van der Waals surface area contributed by atoms with Gasteiger partial charge in [0.25, 0.3) is 5.91 Å². The molecule has 0 atom stereocenters. The van der Waals surface area contributed by atoms with E-state index in [2.05, 4.69) is 42.6 Å². The number of benzene rings is 2. The van der Waals surface area contributed by atoms with Crippen LogP contribution < -0.4 is 10.1 Å². The van der Waals surface area contributed by atoms with E-state index in [0.717, 1.165) is 50.3 Å². The fourth-order valence-corrected chi connectivity index (χ4v) is 4.28. The lowest BCUT2D eigenvalue weighted by atomic mass is 9.92. The summed E-state index contributed by atoms with van der Waals surface area (Å²) < 4.78 is 5.88. The number of nitrogens with one attached hydrogen (secondary N) is 1. The van der Waals surface area contributed by atoms with Crippen molar-refractivity contribution >= 4 is 5.91 Å². The highest BCUT2D eigenvalue weighted by molar-refractivity contribution is 5.78. The molecule has 2 aromatic rings. The number of hydrogen-bond acceptors (Lipinski definition) is 3. The number of carbonyl (C=O) groups excluding carboxylic acids is 1. The highest BCUT2D eigenvalue weighted by Gasteiger charge is 2.44. The van der Waals surface area contributed by atoms with Crippen molar-refractivity contribution in [1.82, 2.24) is 10.2 Å². The van der Waals surface area contributed by atoms with Crippen LogP contribution in [-0.2, 0) is 16.8 Å². The summed E-state index contributed by atoms with van der Waals surface area (Å²) in [7, 11) is 0. The highest BCUT2D eigenvalue weighted by atomic mass is 16.5. The first kappa shape index (κ1) is 19.0. The second-order valence-electron chi connectivity index (χ2n) is 8.18. The van der Waals surface area contributed by atoms with Gasteiger partial charge in [-0.25, -0.2) is 0 Å². The molecule has 1 N–H and O–H groups in total. The molecule has 4 heteroatoms. The van der Waals surface area contributed by atoms with Gasteiger partial charge in [0.15, 0.2) is 6.61 Å². The minimum absolute atomic E-state index is 0.0942. The number of ether oxygens (including phenoxy) is 1. The number of nitrogens with zero attached hydrogens (tertiary/aromatic N) is 1. The molecule has 1 amide bonds. The van der Waals surface area contributed by atoms with Crippen LogP contribution in [0.3, 0.4) is 0 Å². The van der Waals surface area contributed by atoms with Crippen molar-refractivity contribution in [2.75, 3.05) is 26.2 Å². The molecule has 0 unspecified atom stereocenters. The lowest BCUT2D eigenvalue weighted by Crippen LogP contribution is -2.32. The van der Waals surface area contributed by atoms with Crippen molar-refractivity contribution in [2.24, 2.45) is 0 Å². The molecular weight excluding hydrogens is 348 g/mol. The maximum absolute atomic E-state index is 12.3. The Bertz CT molecular complexity index is 823. The molecule has 2 aromatic carbocycles. The molecule has 1 aliphatic heterocycles. The third-order valence-corrected chi connectivity index (χ3v) is 6.13. The van der Waals surface area contributed by atoms with Gasteiger partial charge in [0.2, 0.25) is 0 Å². The Balaban J connectivity index is 1.33. The number of likely N-dealkylation sites (tertiary alicyclic amines) is 1. The molecule has 1 saturated heterocycles. The van der Waals surface area contributed by atoms with E-state index in [0.29, 0.717) is 0 Å². The van der Waals surface area contributed by atoms with Crippen LogP contribution in [0.25, 0.3) is 0 Å². The van der Waals surface area contributed by atoms with Crippen LogP contribution in [0.2, 0.25) is 0 Å². The number of aryl methyl sites for hydroxylation is 1. The molecule has 0 aromatic heterocycles. The number of para-hydroxylation sites is 1. The quantitative estimate of drug-likeness (QED) is 0.759. The molecular formula is C24H30N2O2. The molecule has 4 nitrogen and oxygen atoms in total. The van der Waals surface area contributed by atoms with E-state index in [1.54, 1.807) is 0 Å². The molecule has 0 radical (unpaired) electrons. The van der Waals surface area contributed by atoms with Gasteiger partial charge in [0, 0.05) is 37.2 Å². The van der Waals surface area contributed by atoms with Crippen molar-refractivity contribution in [3.63, 3.8) is 0 Å². The fourth-order valence-electron chi connectivity index (χ4n) is 4.28. The Hall–Kier alpha value is -2.33. The molecule has 1 saturated carbocycles. The van der Waals surface area contributed by atoms with E-state index in [1.165, 1.54) is 24.0 Å². The van der Waals surface area contributed by atoms with Crippen LogP contribution in [0, 0.1) is 6.92 Å². The number of carbonyl (C=O) groups is 1. The predicted octanol–water partition coefficient (Wildman–Crippen LogP) is 3.82. The highest BCUT2D eigenvalue weighted by Crippen LogP contribution is 2.48. The topological polar surface area (TPSA) is 41.6 Å². The zero-order valence-electron chi connectivity index (χ0n) is 16.7. The van der Waals surface area contributed by atoms with E-state index in [4.69, 9.17) is 4.74 Å². The minimum Gasteiger partial charge on any atom is -0.483 e. The summed E-state index contributed by atoms with van der Waals surface area (Å²) >= 11 is 0.